The van der Waals surface area contributed by atoms with Gasteiger partial charge in [-0.3, -0.25) is 4.72 Å². The lowest BCUT2D eigenvalue weighted by molar-refractivity contribution is -0.131. The maximum absolute atomic E-state index is 12.6. The fourth-order valence-electron chi connectivity index (χ4n) is 2.42. The number of sulfonamides is 1. The minimum atomic E-state index is -3.77. The fraction of sp³-hybridized carbons (Fsp3) is 0. The van der Waals surface area contributed by atoms with Gasteiger partial charge in [0.15, 0.2) is 0 Å². The standard InChI is InChI=1S/C19H15NO4S/c21-19(22)11-8-14-4-3-7-18(12-14)25(23,24)20-17-10-9-15-5-1-2-6-16(15)13-17/h1-13,20H,(H,21,22). The van der Waals surface area contributed by atoms with Crippen molar-refractivity contribution in [2.45, 2.75) is 4.90 Å². The Morgan fingerprint density at radius 3 is 2.44 bits per heavy atom. The summed E-state index contributed by atoms with van der Waals surface area (Å²) in [5, 5.41) is 10.6. The van der Waals surface area contributed by atoms with Crippen LogP contribution >= 0.6 is 0 Å². The van der Waals surface area contributed by atoms with Gasteiger partial charge in [-0.25, -0.2) is 13.2 Å². The van der Waals surface area contributed by atoms with E-state index in [2.05, 4.69) is 4.72 Å². The van der Waals surface area contributed by atoms with Gasteiger partial charge in [0.05, 0.1) is 4.90 Å². The van der Waals surface area contributed by atoms with E-state index in [9.17, 15) is 13.2 Å². The van der Waals surface area contributed by atoms with E-state index in [1.807, 2.05) is 30.3 Å². The molecule has 0 aromatic heterocycles. The summed E-state index contributed by atoms with van der Waals surface area (Å²) in [4.78, 5) is 10.6. The summed E-state index contributed by atoms with van der Waals surface area (Å²) in [5.74, 6) is -1.09. The summed E-state index contributed by atoms with van der Waals surface area (Å²) in [6.45, 7) is 0. The Morgan fingerprint density at radius 2 is 1.68 bits per heavy atom. The number of nitrogens with one attached hydrogen (secondary N) is 1. The molecule has 0 aliphatic heterocycles. The molecule has 0 radical (unpaired) electrons. The second-order valence-corrected chi connectivity index (χ2v) is 7.09. The molecule has 3 aromatic rings. The fourth-order valence-corrected chi connectivity index (χ4v) is 3.52. The van der Waals surface area contributed by atoms with E-state index in [0.717, 1.165) is 16.8 Å². The van der Waals surface area contributed by atoms with E-state index < -0.39 is 16.0 Å². The van der Waals surface area contributed by atoms with Gasteiger partial charge in [-0.15, -0.1) is 0 Å². The molecule has 6 heteroatoms. The lowest BCUT2D eigenvalue weighted by Crippen LogP contribution is -2.13. The quantitative estimate of drug-likeness (QED) is 0.685. The zero-order valence-corrected chi connectivity index (χ0v) is 13.9. The third kappa shape index (κ3) is 4.05. The van der Waals surface area contributed by atoms with Gasteiger partial charge in [0.25, 0.3) is 10.0 Å². The van der Waals surface area contributed by atoms with Crippen LogP contribution in [-0.4, -0.2) is 19.5 Å². The smallest absolute Gasteiger partial charge is 0.328 e. The molecule has 5 nitrogen and oxygen atoms in total. The van der Waals surface area contributed by atoms with Crippen LogP contribution in [0.5, 0.6) is 0 Å². The Kier molecular flexibility index (Phi) is 4.54. The molecule has 0 saturated carbocycles. The molecule has 0 spiro atoms. The highest BCUT2D eigenvalue weighted by atomic mass is 32.2. The normalized spacial score (nSPS) is 11.7. The first-order valence-corrected chi connectivity index (χ1v) is 8.95. The Hall–Kier alpha value is -3.12. The maximum atomic E-state index is 12.6. The van der Waals surface area contributed by atoms with E-state index in [1.54, 1.807) is 24.3 Å². The molecule has 0 fully saturated rings. The van der Waals surface area contributed by atoms with E-state index in [-0.39, 0.29) is 4.90 Å². The van der Waals surface area contributed by atoms with Gasteiger partial charge in [-0.1, -0.05) is 42.5 Å². The zero-order valence-electron chi connectivity index (χ0n) is 13.1. The molecule has 25 heavy (non-hydrogen) atoms. The molecular weight excluding hydrogens is 338 g/mol. The van der Waals surface area contributed by atoms with E-state index >= 15 is 0 Å². The van der Waals surface area contributed by atoms with Gasteiger partial charge in [-0.2, -0.15) is 0 Å². The van der Waals surface area contributed by atoms with Crippen molar-refractivity contribution in [2.24, 2.45) is 0 Å². The van der Waals surface area contributed by atoms with Crippen molar-refractivity contribution in [1.82, 2.24) is 0 Å². The third-order valence-electron chi connectivity index (χ3n) is 3.59. The lowest BCUT2D eigenvalue weighted by atomic mass is 10.1. The first-order chi connectivity index (χ1) is 11.9. The van der Waals surface area contributed by atoms with Crippen molar-refractivity contribution in [3.05, 3.63) is 78.4 Å². The van der Waals surface area contributed by atoms with Gasteiger partial charge in [0, 0.05) is 11.8 Å². The number of benzene rings is 3. The molecular formula is C19H15NO4S. The Morgan fingerprint density at radius 1 is 0.920 bits per heavy atom. The number of carbonyl (C=O) groups is 1. The van der Waals surface area contributed by atoms with Gasteiger partial charge in [0.2, 0.25) is 0 Å². The molecule has 0 saturated heterocycles. The summed E-state index contributed by atoms with van der Waals surface area (Å²) in [6, 6.07) is 19.1. The van der Waals surface area contributed by atoms with Crippen LogP contribution in [0.3, 0.4) is 0 Å². The second-order valence-electron chi connectivity index (χ2n) is 5.41. The number of fused-ring (bicyclic) bond motifs is 1. The van der Waals surface area contributed by atoms with Crippen molar-refractivity contribution in [3.63, 3.8) is 0 Å². The molecule has 126 valence electrons. The second kappa shape index (κ2) is 6.78. The predicted octanol–water partition coefficient (Wildman–Crippen LogP) is 3.74. The topological polar surface area (TPSA) is 83.5 Å². The highest BCUT2D eigenvalue weighted by Crippen LogP contribution is 2.22. The summed E-state index contributed by atoms with van der Waals surface area (Å²) in [7, 11) is -3.77. The Balaban J connectivity index is 1.90. The summed E-state index contributed by atoms with van der Waals surface area (Å²) < 4.78 is 27.7. The number of aliphatic carboxylic acids is 1. The summed E-state index contributed by atoms with van der Waals surface area (Å²) in [5.41, 5.74) is 0.953. The van der Waals surface area contributed by atoms with Crippen LogP contribution in [0, 0.1) is 0 Å². The van der Waals surface area contributed by atoms with Crippen molar-refractivity contribution in [2.75, 3.05) is 4.72 Å². The lowest BCUT2D eigenvalue weighted by Gasteiger charge is -2.09. The van der Waals surface area contributed by atoms with Crippen molar-refractivity contribution < 1.29 is 18.3 Å². The van der Waals surface area contributed by atoms with Crippen LogP contribution in [0.2, 0.25) is 0 Å². The van der Waals surface area contributed by atoms with E-state index in [1.165, 1.54) is 18.2 Å². The Bertz CT molecular complexity index is 1070. The van der Waals surface area contributed by atoms with E-state index in [4.69, 9.17) is 5.11 Å². The average Bonchev–Trinajstić information content (AvgIpc) is 2.60. The van der Waals surface area contributed by atoms with Crippen LogP contribution in [-0.2, 0) is 14.8 Å². The van der Waals surface area contributed by atoms with Gasteiger partial charge >= 0.3 is 5.97 Å². The average molecular weight is 353 g/mol. The molecule has 0 amide bonds. The van der Waals surface area contributed by atoms with Crippen molar-refractivity contribution in [1.29, 1.82) is 0 Å². The molecule has 2 N–H and O–H groups in total. The first-order valence-electron chi connectivity index (χ1n) is 7.47. The van der Waals surface area contributed by atoms with Crippen LogP contribution in [0.4, 0.5) is 5.69 Å². The number of hydrogen-bond donors (Lipinski definition) is 2. The summed E-state index contributed by atoms with van der Waals surface area (Å²) in [6.07, 6.45) is 2.31. The number of carboxylic acid groups (broad SMARTS) is 1. The molecule has 0 aliphatic rings. The Labute approximate surface area is 145 Å². The predicted molar refractivity (Wildman–Crippen MR) is 97.9 cm³/mol. The minimum Gasteiger partial charge on any atom is -0.478 e. The van der Waals surface area contributed by atoms with Gasteiger partial charge in [0.1, 0.15) is 0 Å². The monoisotopic (exact) mass is 353 g/mol. The largest absolute Gasteiger partial charge is 0.478 e. The molecule has 0 aliphatic carbocycles. The molecule has 0 unspecified atom stereocenters. The highest BCUT2D eigenvalue weighted by molar-refractivity contribution is 7.92. The van der Waals surface area contributed by atoms with Gasteiger partial charge < -0.3 is 5.11 Å². The number of anilines is 1. The molecule has 0 heterocycles. The molecule has 3 rings (SSSR count). The number of hydrogen-bond acceptors (Lipinski definition) is 3. The van der Waals surface area contributed by atoms with Crippen LogP contribution in [0.15, 0.2) is 77.7 Å². The zero-order chi connectivity index (χ0) is 17.9. The van der Waals surface area contributed by atoms with Crippen LogP contribution < -0.4 is 4.72 Å². The van der Waals surface area contributed by atoms with Crippen molar-refractivity contribution in [3.8, 4) is 0 Å². The summed E-state index contributed by atoms with van der Waals surface area (Å²) >= 11 is 0. The number of carboxylic acids is 1. The van der Waals surface area contributed by atoms with Crippen LogP contribution in [0.25, 0.3) is 16.8 Å². The minimum absolute atomic E-state index is 0.0631. The highest BCUT2D eigenvalue weighted by Gasteiger charge is 2.14. The number of rotatable bonds is 5. The van der Waals surface area contributed by atoms with Crippen LogP contribution in [0.1, 0.15) is 5.56 Å². The first kappa shape index (κ1) is 16.7. The SMILES string of the molecule is O=C(O)C=Cc1cccc(S(=O)(=O)Nc2ccc3ccccc3c2)c1. The van der Waals surface area contributed by atoms with Crippen molar-refractivity contribution >= 4 is 38.5 Å². The molecule has 0 bridgehead atoms. The molecule has 3 aromatic carbocycles. The molecule has 0 atom stereocenters. The third-order valence-corrected chi connectivity index (χ3v) is 4.97. The van der Waals surface area contributed by atoms with E-state index in [0.29, 0.717) is 11.3 Å². The van der Waals surface area contributed by atoms with Gasteiger partial charge in [-0.05, 0) is 46.7 Å². The maximum Gasteiger partial charge on any atom is 0.328 e.